The van der Waals surface area contributed by atoms with Crippen molar-refractivity contribution in [3.63, 3.8) is 0 Å². The smallest absolute Gasteiger partial charge is 0.171 e. The molecule has 0 bridgehead atoms. The number of anilines is 1. The second-order valence-corrected chi connectivity index (χ2v) is 5.58. The molecule has 104 valence electrons. The Bertz CT molecular complexity index is 626. The second-order valence-electron chi connectivity index (χ2n) is 4.76. The van der Waals surface area contributed by atoms with E-state index in [9.17, 15) is 0 Å². The molecule has 0 spiro atoms. The van der Waals surface area contributed by atoms with E-state index in [-0.39, 0.29) is 0 Å². The molecule has 2 aromatic carbocycles. The number of thiocarbonyl (C=S) groups is 1. The Morgan fingerprint density at radius 3 is 2.65 bits per heavy atom. The first-order valence-electron chi connectivity index (χ1n) is 6.41. The van der Waals surface area contributed by atoms with E-state index in [1.165, 1.54) is 11.1 Å². The van der Waals surface area contributed by atoms with Gasteiger partial charge < -0.3 is 10.6 Å². The molecule has 0 aliphatic rings. The maximum absolute atomic E-state index is 6.08. The van der Waals surface area contributed by atoms with E-state index in [1.54, 1.807) is 0 Å². The van der Waals surface area contributed by atoms with Crippen LogP contribution in [0.15, 0.2) is 42.5 Å². The molecule has 0 amide bonds. The first-order valence-corrected chi connectivity index (χ1v) is 7.20. The van der Waals surface area contributed by atoms with Gasteiger partial charge in [0.2, 0.25) is 0 Å². The molecule has 0 atom stereocenters. The Morgan fingerprint density at radius 1 is 1.15 bits per heavy atom. The van der Waals surface area contributed by atoms with Gasteiger partial charge in [0.1, 0.15) is 0 Å². The van der Waals surface area contributed by atoms with Gasteiger partial charge in [-0.2, -0.15) is 0 Å². The average molecular weight is 305 g/mol. The highest BCUT2D eigenvalue weighted by molar-refractivity contribution is 7.80. The lowest BCUT2D eigenvalue weighted by Gasteiger charge is -2.11. The third kappa shape index (κ3) is 4.22. The normalized spacial score (nSPS) is 10.2. The molecule has 0 heterocycles. The standard InChI is InChI=1S/C16H17ClN2S/c1-11-4-3-5-13(8-11)10-18-16(20)19-14-7-6-12(2)15(17)9-14/h3-9H,10H2,1-2H3,(H2,18,19,20). The van der Waals surface area contributed by atoms with Gasteiger partial charge in [-0.05, 0) is 49.3 Å². The summed E-state index contributed by atoms with van der Waals surface area (Å²) < 4.78 is 0. The van der Waals surface area contributed by atoms with Gasteiger partial charge in [0, 0.05) is 17.3 Å². The molecule has 2 aromatic rings. The SMILES string of the molecule is Cc1cccc(CNC(=S)Nc2ccc(C)c(Cl)c2)c1. The number of benzene rings is 2. The Balaban J connectivity index is 1.91. The molecule has 2 nitrogen and oxygen atoms in total. The number of hydrogen-bond acceptors (Lipinski definition) is 1. The minimum Gasteiger partial charge on any atom is -0.358 e. The Morgan fingerprint density at radius 2 is 1.95 bits per heavy atom. The third-order valence-corrected chi connectivity index (χ3v) is 3.62. The van der Waals surface area contributed by atoms with E-state index >= 15 is 0 Å². The van der Waals surface area contributed by atoms with Crippen LogP contribution in [0.1, 0.15) is 16.7 Å². The van der Waals surface area contributed by atoms with Gasteiger partial charge in [-0.1, -0.05) is 47.5 Å². The van der Waals surface area contributed by atoms with E-state index in [0.29, 0.717) is 11.7 Å². The molecule has 0 aliphatic carbocycles. The van der Waals surface area contributed by atoms with Gasteiger partial charge in [0.25, 0.3) is 0 Å². The summed E-state index contributed by atoms with van der Waals surface area (Å²) in [7, 11) is 0. The van der Waals surface area contributed by atoms with Gasteiger partial charge in [-0.3, -0.25) is 0 Å². The summed E-state index contributed by atoms with van der Waals surface area (Å²) in [5.41, 5.74) is 4.39. The molecule has 0 saturated heterocycles. The number of nitrogens with one attached hydrogen (secondary N) is 2. The van der Waals surface area contributed by atoms with Gasteiger partial charge in [0.05, 0.1) is 0 Å². The average Bonchev–Trinajstić information content (AvgIpc) is 2.41. The number of hydrogen-bond donors (Lipinski definition) is 2. The Hall–Kier alpha value is -1.58. The minimum absolute atomic E-state index is 0.589. The van der Waals surface area contributed by atoms with Crippen LogP contribution in [0.3, 0.4) is 0 Å². The van der Waals surface area contributed by atoms with Crippen LogP contribution in [0.25, 0.3) is 0 Å². The van der Waals surface area contributed by atoms with Crippen molar-refractivity contribution < 1.29 is 0 Å². The lowest BCUT2D eigenvalue weighted by molar-refractivity contribution is 0.924. The zero-order valence-corrected chi connectivity index (χ0v) is 13.1. The second kappa shape index (κ2) is 6.73. The maximum atomic E-state index is 6.08. The quantitative estimate of drug-likeness (QED) is 0.820. The van der Waals surface area contributed by atoms with E-state index in [0.717, 1.165) is 16.3 Å². The minimum atomic E-state index is 0.589. The van der Waals surface area contributed by atoms with E-state index < -0.39 is 0 Å². The number of halogens is 1. The van der Waals surface area contributed by atoms with Crippen molar-refractivity contribution in [2.45, 2.75) is 20.4 Å². The fraction of sp³-hybridized carbons (Fsp3) is 0.188. The van der Waals surface area contributed by atoms with Gasteiger partial charge in [0.15, 0.2) is 5.11 Å². The maximum Gasteiger partial charge on any atom is 0.171 e. The molecule has 2 N–H and O–H groups in total. The first-order chi connectivity index (χ1) is 9.54. The van der Waals surface area contributed by atoms with Gasteiger partial charge >= 0.3 is 0 Å². The van der Waals surface area contributed by atoms with Crippen molar-refractivity contribution in [3.8, 4) is 0 Å². The monoisotopic (exact) mass is 304 g/mol. The molecule has 4 heteroatoms. The Kier molecular flexibility index (Phi) is 4.99. The van der Waals surface area contributed by atoms with Crippen LogP contribution in [0.2, 0.25) is 5.02 Å². The van der Waals surface area contributed by atoms with Crippen LogP contribution in [-0.4, -0.2) is 5.11 Å². The summed E-state index contributed by atoms with van der Waals surface area (Å²) in [4.78, 5) is 0. The molecule has 0 fully saturated rings. The Labute approximate surface area is 130 Å². The van der Waals surface area contributed by atoms with Crippen LogP contribution in [0.4, 0.5) is 5.69 Å². The van der Waals surface area contributed by atoms with Crippen molar-refractivity contribution in [1.82, 2.24) is 5.32 Å². The highest BCUT2D eigenvalue weighted by Gasteiger charge is 2.01. The van der Waals surface area contributed by atoms with Crippen LogP contribution in [0.5, 0.6) is 0 Å². The predicted molar refractivity (Wildman–Crippen MR) is 90.4 cm³/mol. The van der Waals surface area contributed by atoms with Crippen molar-refractivity contribution in [2.75, 3.05) is 5.32 Å². The summed E-state index contributed by atoms with van der Waals surface area (Å²) in [6.45, 7) is 4.75. The van der Waals surface area contributed by atoms with Crippen molar-refractivity contribution in [1.29, 1.82) is 0 Å². The van der Waals surface area contributed by atoms with E-state index in [4.69, 9.17) is 23.8 Å². The molecule has 0 radical (unpaired) electrons. The topological polar surface area (TPSA) is 24.1 Å². The predicted octanol–water partition coefficient (Wildman–Crippen LogP) is 4.44. The van der Waals surface area contributed by atoms with Crippen molar-refractivity contribution in [3.05, 3.63) is 64.2 Å². The van der Waals surface area contributed by atoms with Crippen LogP contribution in [-0.2, 0) is 6.54 Å². The zero-order valence-electron chi connectivity index (χ0n) is 11.5. The highest BCUT2D eigenvalue weighted by Crippen LogP contribution is 2.19. The third-order valence-electron chi connectivity index (χ3n) is 2.97. The molecule has 20 heavy (non-hydrogen) atoms. The lowest BCUT2D eigenvalue weighted by Crippen LogP contribution is -2.27. The van der Waals surface area contributed by atoms with Crippen molar-refractivity contribution in [2.24, 2.45) is 0 Å². The molecule has 0 aliphatic heterocycles. The number of aryl methyl sites for hydroxylation is 2. The van der Waals surface area contributed by atoms with Gasteiger partial charge in [-0.25, -0.2) is 0 Å². The van der Waals surface area contributed by atoms with Crippen molar-refractivity contribution >= 4 is 34.6 Å². The fourth-order valence-electron chi connectivity index (χ4n) is 1.85. The van der Waals surface area contributed by atoms with E-state index in [2.05, 4.69) is 35.8 Å². The summed E-state index contributed by atoms with van der Waals surface area (Å²) >= 11 is 11.4. The summed E-state index contributed by atoms with van der Waals surface area (Å²) in [6.07, 6.45) is 0. The van der Waals surface area contributed by atoms with Crippen LogP contribution < -0.4 is 10.6 Å². The van der Waals surface area contributed by atoms with Crippen LogP contribution >= 0.6 is 23.8 Å². The molecular weight excluding hydrogens is 288 g/mol. The number of rotatable bonds is 3. The summed E-state index contributed by atoms with van der Waals surface area (Å²) in [5.74, 6) is 0. The lowest BCUT2D eigenvalue weighted by atomic mass is 10.1. The fourth-order valence-corrected chi connectivity index (χ4v) is 2.22. The van der Waals surface area contributed by atoms with Gasteiger partial charge in [-0.15, -0.1) is 0 Å². The molecule has 0 aromatic heterocycles. The van der Waals surface area contributed by atoms with Crippen LogP contribution in [0, 0.1) is 13.8 Å². The van der Waals surface area contributed by atoms with E-state index in [1.807, 2.05) is 31.2 Å². The largest absolute Gasteiger partial charge is 0.358 e. The highest BCUT2D eigenvalue weighted by atomic mass is 35.5. The molecular formula is C16H17ClN2S. The summed E-state index contributed by atoms with van der Waals surface area (Å²) in [5, 5.41) is 7.64. The molecule has 0 saturated carbocycles. The molecule has 0 unspecified atom stereocenters. The first kappa shape index (κ1) is 14.8. The zero-order chi connectivity index (χ0) is 14.5. The summed E-state index contributed by atoms with van der Waals surface area (Å²) in [6, 6.07) is 14.1. The molecule has 2 rings (SSSR count).